The van der Waals surface area contributed by atoms with Gasteiger partial charge in [0.1, 0.15) is 17.4 Å². The van der Waals surface area contributed by atoms with E-state index >= 15 is 0 Å². The minimum absolute atomic E-state index is 0.342. The molecule has 1 unspecified atom stereocenters. The van der Waals surface area contributed by atoms with Gasteiger partial charge < -0.3 is 10.1 Å². The zero-order valence-corrected chi connectivity index (χ0v) is 12.7. The first kappa shape index (κ1) is 14.9. The molecule has 5 heteroatoms. The number of ether oxygens (including phenoxy) is 1. The van der Waals surface area contributed by atoms with Crippen LogP contribution in [0.5, 0.6) is 5.75 Å². The number of benzene rings is 2. The molecule has 2 aromatic carbocycles. The molecule has 0 fully saturated rings. The highest BCUT2D eigenvalue weighted by Crippen LogP contribution is 2.31. The Hall–Kier alpha value is -1.46. The predicted octanol–water partition coefficient (Wildman–Crippen LogP) is 4.04. The summed E-state index contributed by atoms with van der Waals surface area (Å²) >= 11 is 3.31. The van der Waals surface area contributed by atoms with Crippen molar-refractivity contribution in [2.75, 3.05) is 14.2 Å². The van der Waals surface area contributed by atoms with Crippen LogP contribution in [-0.4, -0.2) is 14.2 Å². The number of nitrogens with one attached hydrogen (secondary N) is 1. The van der Waals surface area contributed by atoms with Crippen LogP contribution in [0.3, 0.4) is 0 Å². The zero-order chi connectivity index (χ0) is 14.7. The van der Waals surface area contributed by atoms with Crippen LogP contribution in [0.15, 0.2) is 40.9 Å². The smallest absolute Gasteiger partial charge is 0.132 e. The Morgan fingerprint density at radius 3 is 2.35 bits per heavy atom. The van der Waals surface area contributed by atoms with E-state index in [1.54, 1.807) is 25.2 Å². The van der Waals surface area contributed by atoms with Crippen LogP contribution in [0.1, 0.15) is 17.2 Å². The van der Waals surface area contributed by atoms with E-state index < -0.39 is 0 Å². The topological polar surface area (TPSA) is 21.3 Å². The van der Waals surface area contributed by atoms with Crippen molar-refractivity contribution in [1.82, 2.24) is 5.32 Å². The lowest BCUT2D eigenvalue weighted by Crippen LogP contribution is -2.19. The number of halogens is 3. The molecule has 2 rings (SSSR count). The number of methoxy groups -OCH3 is 1. The van der Waals surface area contributed by atoms with Gasteiger partial charge in [-0.15, -0.1) is 0 Å². The lowest BCUT2D eigenvalue weighted by Gasteiger charge is -2.19. The van der Waals surface area contributed by atoms with Gasteiger partial charge in [0.05, 0.1) is 13.2 Å². The molecule has 2 nitrogen and oxygen atoms in total. The second kappa shape index (κ2) is 6.33. The minimum Gasteiger partial charge on any atom is -0.497 e. The summed E-state index contributed by atoms with van der Waals surface area (Å²) in [6, 6.07) is 8.65. The summed E-state index contributed by atoms with van der Waals surface area (Å²) in [5.41, 5.74) is 1.23. The van der Waals surface area contributed by atoms with E-state index in [1.807, 2.05) is 0 Å². The quantitative estimate of drug-likeness (QED) is 0.905. The third kappa shape index (κ3) is 2.99. The van der Waals surface area contributed by atoms with Crippen molar-refractivity contribution >= 4 is 15.9 Å². The van der Waals surface area contributed by atoms with Crippen molar-refractivity contribution in [3.63, 3.8) is 0 Å². The minimum atomic E-state index is -0.379. The van der Waals surface area contributed by atoms with Crippen molar-refractivity contribution in [1.29, 1.82) is 0 Å². The van der Waals surface area contributed by atoms with Crippen LogP contribution in [0, 0.1) is 11.6 Å². The zero-order valence-electron chi connectivity index (χ0n) is 11.1. The van der Waals surface area contributed by atoms with Gasteiger partial charge in [0.25, 0.3) is 0 Å². The highest BCUT2D eigenvalue weighted by atomic mass is 79.9. The van der Waals surface area contributed by atoms with Crippen molar-refractivity contribution in [3.05, 3.63) is 63.6 Å². The molecule has 1 atom stereocenters. The highest BCUT2D eigenvalue weighted by molar-refractivity contribution is 9.10. The summed E-state index contributed by atoms with van der Waals surface area (Å²) in [5, 5.41) is 3.04. The molecule has 0 spiro atoms. The Kier molecular flexibility index (Phi) is 4.73. The average molecular weight is 342 g/mol. The lowest BCUT2D eigenvalue weighted by molar-refractivity contribution is 0.410. The molecule has 0 heterocycles. The van der Waals surface area contributed by atoms with E-state index in [0.29, 0.717) is 15.8 Å². The molecule has 0 amide bonds. The predicted molar refractivity (Wildman–Crippen MR) is 78.0 cm³/mol. The molecular weight excluding hydrogens is 328 g/mol. The van der Waals surface area contributed by atoms with E-state index in [9.17, 15) is 8.78 Å². The van der Waals surface area contributed by atoms with E-state index in [-0.39, 0.29) is 17.7 Å². The number of hydrogen-bond acceptors (Lipinski definition) is 2. The van der Waals surface area contributed by atoms with E-state index in [2.05, 4.69) is 21.2 Å². The SMILES string of the molecule is CNC(c1ccc(OC)cc1F)c1ccc(F)cc1Br. The Morgan fingerprint density at radius 1 is 1.10 bits per heavy atom. The molecule has 0 aliphatic rings. The Morgan fingerprint density at radius 2 is 1.80 bits per heavy atom. The average Bonchev–Trinajstić information content (AvgIpc) is 2.43. The third-order valence-electron chi connectivity index (χ3n) is 3.08. The van der Waals surface area contributed by atoms with Crippen LogP contribution in [0.4, 0.5) is 8.78 Å². The molecule has 2 aromatic rings. The molecule has 0 aliphatic heterocycles. The maximum absolute atomic E-state index is 14.2. The molecule has 20 heavy (non-hydrogen) atoms. The summed E-state index contributed by atoms with van der Waals surface area (Å²) in [6.45, 7) is 0. The molecule has 0 aliphatic carbocycles. The summed E-state index contributed by atoms with van der Waals surface area (Å²) in [5.74, 6) is -0.259. The van der Waals surface area contributed by atoms with Crippen LogP contribution in [-0.2, 0) is 0 Å². The molecular formula is C15H14BrF2NO. The van der Waals surface area contributed by atoms with E-state index in [0.717, 1.165) is 5.56 Å². The fourth-order valence-corrected chi connectivity index (χ4v) is 2.66. The lowest BCUT2D eigenvalue weighted by atomic mass is 9.98. The summed E-state index contributed by atoms with van der Waals surface area (Å²) in [4.78, 5) is 0. The summed E-state index contributed by atoms with van der Waals surface area (Å²) in [7, 11) is 3.21. The van der Waals surface area contributed by atoms with Gasteiger partial charge in [-0.25, -0.2) is 8.78 Å². The fraction of sp³-hybridized carbons (Fsp3) is 0.200. The molecule has 0 aromatic heterocycles. The molecule has 1 N–H and O–H groups in total. The first-order chi connectivity index (χ1) is 9.56. The van der Waals surface area contributed by atoms with Crippen LogP contribution < -0.4 is 10.1 Å². The Bertz CT molecular complexity index is 619. The maximum Gasteiger partial charge on any atom is 0.132 e. The molecule has 106 valence electrons. The third-order valence-corrected chi connectivity index (χ3v) is 3.77. The van der Waals surface area contributed by atoms with Crippen LogP contribution >= 0.6 is 15.9 Å². The standard InChI is InChI=1S/C15H14BrF2NO/c1-19-15(11-5-3-9(17)7-13(11)16)12-6-4-10(20-2)8-14(12)18/h3-8,15,19H,1-2H3. The van der Waals surface area contributed by atoms with Gasteiger partial charge in [0.2, 0.25) is 0 Å². The first-order valence-corrected chi connectivity index (χ1v) is 6.81. The Labute approximate surface area is 124 Å². The van der Waals surface area contributed by atoms with Gasteiger partial charge in [0.15, 0.2) is 0 Å². The van der Waals surface area contributed by atoms with Gasteiger partial charge in [-0.2, -0.15) is 0 Å². The maximum atomic E-state index is 14.2. The first-order valence-electron chi connectivity index (χ1n) is 6.02. The summed E-state index contributed by atoms with van der Waals surface area (Å²) < 4.78 is 32.9. The second-order valence-electron chi connectivity index (χ2n) is 4.27. The van der Waals surface area contributed by atoms with Crippen molar-refractivity contribution in [2.24, 2.45) is 0 Å². The summed E-state index contributed by atoms with van der Waals surface area (Å²) in [6.07, 6.45) is 0. The fourth-order valence-electron chi connectivity index (χ4n) is 2.08. The number of hydrogen-bond donors (Lipinski definition) is 1. The molecule has 0 radical (unpaired) electrons. The largest absolute Gasteiger partial charge is 0.497 e. The van der Waals surface area contributed by atoms with Crippen molar-refractivity contribution in [3.8, 4) is 5.75 Å². The highest BCUT2D eigenvalue weighted by Gasteiger charge is 2.19. The van der Waals surface area contributed by atoms with Gasteiger partial charge in [-0.3, -0.25) is 0 Å². The van der Waals surface area contributed by atoms with Crippen molar-refractivity contribution in [2.45, 2.75) is 6.04 Å². The molecule has 0 saturated heterocycles. The molecule has 0 bridgehead atoms. The normalized spacial score (nSPS) is 12.2. The van der Waals surface area contributed by atoms with Gasteiger partial charge in [0, 0.05) is 16.1 Å². The Balaban J connectivity index is 2.47. The van der Waals surface area contributed by atoms with Crippen molar-refractivity contribution < 1.29 is 13.5 Å². The van der Waals surface area contributed by atoms with Crippen LogP contribution in [0.2, 0.25) is 0 Å². The van der Waals surface area contributed by atoms with E-state index in [1.165, 1.54) is 25.3 Å². The van der Waals surface area contributed by atoms with Gasteiger partial charge in [-0.1, -0.05) is 28.1 Å². The number of rotatable bonds is 4. The van der Waals surface area contributed by atoms with E-state index in [4.69, 9.17) is 4.74 Å². The van der Waals surface area contributed by atoms with Gasteiger partial charge >= 0.3 is 0 Å². The van der Waals surface area contributed by atoms with Crippen LogP contribution in [0.25, 0.3) is 0 Å². The monoisotopic (exact) mass is 341 g/mol. The second-order valence-corrected chi connectivity index (χ2v) is 5.13. The van der Waals surface area contributed by atoms with Gasteiger partial charge in [-0.05, 0) is 30.8 Å². The molecule has 0 saturated carbocycles.